The number of nitrogens with zero attached hydrogens (tertiary/aromatic N) is 2. The second kappa shape index (κ2) is 5.93. The quantitative estimate of drug-likeness (QED) is 0.888. The molecule has 1 aromatic rings. The molecule has 2 aliphatic heterocycles. The van der Waals surface area contributed by atoms with Crippen LogP contribution in [0.3, 0.4) is 0 Å². The molecule has 0 aromatic heterocycles. The Morgan fingerprint density at radius 2 is 1.74 bits per heavy atom. The molecule has 2 saturated heterocycles. The Labute approximate surface area is 116 Å². The summed E-state index contributed by atoms with van der Waals surface area (Å²) in [5.74, 6) is 0.940. The highest BCUT2D eigenvalue weighted by Gasteiger charge is 2.20. The summed E-state index contributed by atoms with van der Waals surface area (Å²) in [4.78, 5) is 5.14. The van der Waals surface area contributed by atoms with Gasteiger partial charge in [0.15, 0.2) is 0 Å². The van der Waals surface area contributed by atoms with E-state index in [1.165, 1.54) is 63.5 Å². The van der Waals surface area contributed by atoms with E-state index in [2.05, 4.69) is 46.3 Å². The highest BCUT2D eigenvalue weighted by atomic mass is 15.3. The largest absolute Gasteiger partial charge is 0.369 e. The van der Waals surface area contributed by atoms with Gasteiger partial charge in [0.25, 0.3) is 0 Å². The standard InChI is InChI=1S/C16H25N3/c1-14-2-4-16(5-3-14)19-10-8-18(9-11-19)7-6-15-12-17-13-15/h2-5,15,17H,6-13H2,1H3. The molecule has 1 aromatic carbocycles. The summed E-state index contributed by atoms with van der Waals surface area (Å²) in [7, 11) is 0. The van der Waals surface area contributed by atoms with E-state index in [0.717, 1.165) is 5.92 Å². The van der Waals surface area contributed by atoms with Gasteiger partial charge in [0.1, 0.15) is 0 Å². The summed E-state index contributed by atoms with van der Waals surface area (Å²) in [6.45, 7) is 10.7. The molecular formula is C16H25N3. The van der Waals surface area contributed by atoms with Gasteiger partial charge in [-0.2, -0.15) is 0 Å². The molecule has 0 aliphatic carbocycles. The van der Waals surface area contributed by atoms with Crippen LogP contribution < -0.4 is 10.2 Å². The minimum Gasteiger partial charge on any atom is -0.369 e. The van der Waals surface area contributed by atoms with E-state index >= 15 is 0 Å². The van der Waals surface area contributed by atoms with Crippen LogP contribution in [0.25, 0.3) is 0 Å². The zero-order valence-corrected chi connectivity index (χ0v) is 11.9. The third-order valence-electron chi connectivity index (χ3n) is 4.49. The van der Waals surface area contributed by atoms with Crippen LogP contribution >= 0.6 is 0 Å². The highest BCUT2D eigenvalue weighted by Crippen LogP contribution is 2.18. The van der Waals surface area contributed by atoms with Crippen molar-refractivity contribution in [3.8, 4) is 0 Å². The van der Waals surface area contributed by atoms with Crippen molar-refractivity contribution in [3.05, 3.63) is 29.8 Å². The third kappa shape index (κ3) is 3.28. The zero-order chi connectivity index (χ0) is 13.1. The van der Waals surface area contributed by atoms with Gasteiger partial charge in [0.05, 0.1) is 0 Å². The molecule has 0 atom stereocenters. The van der Waals surface area contributed by atoms with E-state index in [4.69, 9.17) is 0 Å². The van der Waals surface area contributed by atoms with Crippen molar-refractivity contribution in [2.24, 2.45) is 5.92 Å². The fourth-order valence-electron chi connectivity index (χ4n) is 2.90. The van der Waals surface area contributed by atoms with Gasteiger partial charge < -0.3 is 10.2 Å². The summed E-state index contributed by atoms with van der Waals surface area (Å²) in [6, 6.07) is 8.94. The van der Waals surface area contributed by atoms with Gasteiger partial charge in [-0.1, -0.05) is 17.7 Å². The van der Waals surface area contributed by atoms with E-state index in [9.17, 15) is 0 Å². The lowest BCUT2D eigenvalue weighted by Gasteiger charge is -2.37. The molecular weight excluding hydrogens is 234 g/mol. The fraction of sp³-hybridized carbons (Fsp3) is 0.625. The number of nitrogens with one attached hydrogen (secondary N) is 1. The van der Waals surface area contributed by atoms with Gasteiger partial charge >= 0.3 is 0 Å². The molecule has 0 bridgehead atoms. The first-order chi connectivity index (χ1) is 9.31. The summed E-state index contributed by atoms with van der Waals surface area (Å²) in [6.07, 6.45) is 1.37. The third-order valence-corrected chi connectivity index (χ3v) is 4.49. The molecule has 0 unspecified atom stereocenters. The predicted molar refractivity (Wildman–Crippen MR) is 80.8 cm³/mol. The summed E-state index contributed by atoms with van der Waals surface area (Å²) < 4.78 is 0. The molecule has 2 fully saturated rings. The molecule has 19 heavy (non-hydrogen) atoms. The summed E-state index contributed by atoms with van der Waals surface area (Å²) >= 11 is 0. The monoisotopic (exact) mass is 259 g/mol. The van der Waals surface area contributed by atoms with Gasteiger partial charge in [0.2, 0.25) is 0 Å². The van der Waals surface area contributed by atoms with Crippen LogP contribution in [0.5, 0.6) is 0 Å². The van der Waals surface area contributed by atoms with Crippen LogP contribution in [0.4, 0.5) is 5.69 Å². The average molecular weight is 259 g/mol. The van der Waals surface area contributed by atoms with Crippen molar-refractivity contribution < 1.29 is 0 Å². The molecule has 2 heterocycles. The van der Waals surface area contributed by atoms with E-state index in [1.807, 2.05) is 0 Å². The number of aryl methyl sites for hydroxylation is 1. The van der Waals surface area contributed by atoms with Gasteiger partial charge in [-0.15, -0.1) is 0 Å². The number of hydrogen-bond acceptors (Lipinski definition) is 3. The zero-order valence-electron chi connectivity index (χ0n) is 11.9. The predicted octanol–water partition coefficient (Wildman–Crippen LogP) is 1.73. The van der Waals surface area contributed by atoms with Crippen molar-refractivity contribution in [2.75, 3.05) is 50.7 Å². The average Bonchev–Trinajstić information content (AvgIpc) is 2.39. The molecule has 0 amide bonds. The molecule has 1 N–H and O–H groups in total. The maximum absolute atomic E-state index is 3.36. The van der Waals surface area contributed by atoms with Crippen LogP contribution in [0, 0.1) is 12.8 Å². The minimum absolute atomic E-state index is 0.940. The molecule has 3 heteroatoms. The second-order valence-electron chi connectivity index (χ2n) is 5.98. The van der Waals surface area contributed by atoms with Gasteiger partial charge in [-0.05, 0) is 51.0 Å². The number of benzene rings is 1. The lowest BCUT2D eigenvalue weighted by atomic mass is 9.99. The number of hydrogen-bond donors (Lipinski definition) is 1. The van der Waals surface area contributed by atoms with Gasteiger partial charge in [-0.25, -0.2) is 0 Å². The second-order valence-corrected chi connectivity index (χ2v) is 5.98. The normalized spacial score (nSPS) is 21.4. The van der Waals surface area contributed by atoms with Crippen LogP contribution in [0.2, 0.25) is 0 Å². The smallest absolute Gasteiger partial charge is 0.0367 e. The van der Waals surface area contributed by atoms with Crippen LogP contribution in [-0.2, 0) is 0 Å². The van der Waals surface area contributed by atoms with Crippen molar-refractivity contribution in [1.29, 1.82) is 0 Å². The summed E-state index contributed by atoms with van der Waals surface area (Å²) in [5.41, 5.74) is 2.73. The topological polar surface area (TPSA) is 18.5 Å². The first kappa shape index (κ1) is 12.9. The van der Waals surface area contributed by atoms with Crippen molar-refractivity contribution in [1.82, 2.24) is 10.2 Å². The lowest BCUT2D eigenvalue weighted by molar-refractivity contribution is 0.216. The van der Waals surface area contributed by atoms with E-state index in [-0.39, 0.29) is 0 Å². The van der Waals surface area contributed by atoms with Crippen molar-refractivity contribution >= 4 is 5.69 Å². The first-order valence-electron chi connectivity index (χ1n) is 7.56. The molecule has 2 aliphatic rings. The number of piperazine rings is 1. The van der Waals surface area contributed by atoms with E-state index in [1.54, 1.807) is 0 Å². The minimum atomic E-state index is 0.940. The van der Waals surface area contributed by atoms with Crippen molar-refractivity contribution in [2.45, 2.75) is 13.3 Å². The number of anilines is 1. The Balaban J connectivity index is 1.44. The number of rotatable bonds is 4. The Hall–Kier alpha value is -1.06. The van der Waals surface area contributed by atoms with E-state index < -0.39 is 0 Å². The Morgan fingerprint density at radius 1 is 1.05 bits per heavy atom. The Kier molecular flexibility index (Phi) is 4.04. The van der Waals surface area contributed by atoms with E-state index in [0.29, 0.717) is 0 Å². The molecule has 0 radical (unpaired) electrons. The molecule has 0 spiro atoms. The highest BCUT2D eigenvalue weighted by molar-refractivity contribution is 5.47. The lowest BCUT2D eigenvalue weighted by Crippen LogP contribution is -2.48. The maximum Gasteiger partial charge on any atom is 0.0367 e. The van der Waals surface area contributed by atoms with Gasteiger partial charge in [-0.3, -0.25) is 4.90 Å². The summed E-state index contributed by atoms with van der Waals surface area (Å²) in [5, 5.41) is 3.36. The first-order valence-corrected chi connectivity index (χ1v) is 7.56. The van der Waals surface area contributed by atoms with Crippen LogP contribution in [-0.4, -0.2) is 50.7 Å². The SMILES string of the molecule is Cc1ccc(N2CCN(CCC3CNC3)CC2)cc1. The van der Waals surface area contributed by atoms with Crippen LogP contribution in [0.1, 0.15) is 12.0 Å². The van der Waals surface area contributed by atoms with Crippen LogP contribution in [0.15, 0.2) is 24.3 Å². The van der Waals surface area contributed by atoms with Gasteiger partial charge in [0, 0.05) is 31.9 Å². The Morgan fingerprint density at radius 3 is 2.32 bits per heavy atom. The molecule has 3 nitrogen and oxygen atoms in total. The maximum atomic E-state index is 3.36. The Bertz CT molecular complexity index is 389. The molecule has 0 saturated carbocycles. The van der Waals surface area contributed by atoms with Crippen molar-refractivity contribution in [3.63, 3.8) is 0 Å². The fourth-order valence-corrected chi connectivity index (χ4v) is 2.90. The molecule has 104 valence electrons. The molecule has 3 rings (SSSR count).